The molecule has 0 radical (unpaired) electrons. The predicted octanol–water partition coefficient (Wildman–Crippen LogP) is 5.13. The summed E-state index contributed by atoms with van der Waals surface area (Å²) in [7, 11) is 3.19. The summed E-state index contributed by atoms with van der Waals surface area (Å²) in [6, 6.07) is 17.3. The number of methoxy groups -OCH3 is 2. The summed E-state index contributed by atoms with van der Waals surface area (Å²) >= 11 is 0. The Morgan fingerprint density at radius 3 is 2.37 bits per heavy atom. The Hall–Kier alpha value is -3.74. The van der Waals surface area contributed by atoms with Crippen molar-refractivity contribution in [3.63, 3.8) is 0 Å². The van der Waals surface area contributed by atoms with Crippen LogP contribution >= 0.6 is 0 Å². The third-order valence-electron chi connectivity index (χ3n) is 6.47. The zero-order valence-electron chi connectivity index (χ0n) is 20.2. The minimum Gasteiger partial charge on any atom is -0.497 e. The van der Waals surface area contributed by atoms with Crippen LogP contribution in [0.1, 0.15) is 59.8 Å². The summed E-state index contributed by atoms with van der Waals surface area (Å²) in [6.45, 7) is 0.165. The van der Waals surface area contributed by atoms with Gasteiger partial charge in [-0.25, -0.2) is 0 Å². The summed E-state index contributed by atoms with van der Waals surface area (Å²) in [4.78, 5) is 29.1. The van der Waals surface area contributed by atoms with Crippen molar-refractivity contribution in [2.24, 2.45) is 0 Å². The number of furan rings is 1. The van der Waals surface area contributed by atoms with Gasteiger partial charge in [0, 0.05) is 11.6 Å². The van der Waals surface area contributed by atoms with Crippen molar-refractivity contribution in [2.75, 3.05) is 14.2 Å². The number of hydrogen-bond donors (Lipinski definition) is 1. The molecule has 7 heteroatoms. The molecule has 1 saturated carbocycles. The Morgan fingerprint density at radius 2 is 1.71 bits per heavy atom. The third-order valence-corrected chi connectivity index (χ3v) is 6.47. The highest BCUT2D eigenvalue weighted by atomic mass is 16.5. The van der Waals surface area contributed by atoms with E-state index < -0.39 is 6.04 Å². The smallest absolute Gasteiger partial charge is 0.290 e. The molecule has 1 fully saturated rings. The van der Waals surface area contributed by atoms with Crippen LogP contribution in [-0.2, 0) is 11.3 Å². The van der Waals surface area contributed by atoms with Crippen molar-refractivity contribution in [3.05, 3.63) is 83.8 Å². The van der Waals surface area contributed by atoms with Gasteiger partial charge in [-0.05, 0) is 48.7 Å². The Morgan fingerprint density at radius 1 is 0.971 bits per heavy atom. The Kier molecular flexibility index (Phi) is 8.08. The van der Waals surface area contributed by atoms with Gasteiger partial charge in [0.05, 0.1) is 27.0 Å². The van der Waals surface area contributed by atoms with Crippen LogP contribution in [0.25, 0.3) is 0 Å². The van der Waals surface area contributed by atoms with E-state index in [2.05, 4.69) is 5.32 Å². The number of ether oxygens (including phenoxy) is 2. The zero-order chi connectivity index (χ0) is 24.6. The molecule has 0 spiro atoms. The number of para-hydroxylation sites is 1. The third kappa shape index (κ3) is 5.85. The minimum atomic E-state index is -0.870. The maximum absolute atomic E-state index is 13.8. The van der Waals surface area contributed by atoms with Gasteiger partial charge in [0.25, 0.3) is 5.91 Å². The van der Waals surface area contributed by atoms with Gasteiger partial charge < -0.3 is 24.1 Å². The second-order valence-electron chi connectivity index (χ2n) is 8.74. The normalized spacial score (nSPS) is 14.7. The van der Waals surface area contributed by atoms with Crippen LogP contribution in [0.2, 0.25) is 0 Å². The molecule has 3 aromatic rings. The quantitative estimate of drug-likeness (QED) is 0.463. The molecular formula is C28H32N2O5. The van der Waals surface area contributed by atoms with Crippen molar-refractivity contribution in [1.82, 2.24) is 10.2 Å². The van der Waals surface area contributed by atoms with Gasteiger partial charge in [-0.1, -0.05) is 49.6 Å². The summed E-state index contributed by atoms with van der Waals surface area (Å²) in [5.41, 5.74) is 1.48. The predicted molar refractivity (Wildman–Crippen MR) is 132 cm³/mol. The van der Waals surface area contributed by atoms with Crippen LogP contribution in [0.3, 0.4) is 0 Å². The van der Waals surface area contributed by atoms with Gasteiger partial charge in [-0.2, -0.15) is 0 Å². The number of hydrogen-bond acceptors (Lipinski definition) is 5. The molecule has 184 valence electrons. The molecule has 1 aliphatic rings. The summed E-state index contributed by atoms with van der Waals surface area (Å²) in [5, 5.41) is 3.22. The van der Waals surface area contributed by atoms with Crippen LogP contribution in [0, 0.1) is 0 Å². The van der Waals surface area contributed by atoms with Crippen molar-refractivity contribution in [1.29, 1.82) is 0 Å². The van der Waals surface area contributed by atoms with Crippen molar-refractivity contribution in [3.8, 4) is 11.5 Å². The van der Waals surface area contributed by atoms with E-state index in [1.54, 1.807) is 43.4 Å². The van der Waals surface area contributed by atoms with Crippen molar-refractivity contribution >= 4 is 11.8 Å². The second-order valence-corrected chi connectivity index (χ2v) is 8.74. The largest absolute Gasteiger partial charge is 0.497 e. The highest BCUT2D eigenvalue weighted by Crippen LogP contribution is 2.30. The van der Waals surface area contributed by atoms with Crippen molar-refractivity contribution < 1.29 is 23.5 Å². The molecule has 1 N–H and O–H groups in total. The van der Waals surface area contributed by atoms with Gasteiger partial charge in [0.2, 0.25) is 5.91 Å². The maximum Gasteiger partial charge on any atom is 0.290 e. The molecule has 1 aromatic heterocycles. The van der Waals surface area contributed by atoms with Gasteiger partial charge in [0.15, 0.2) is 5.76 Å². The van der Waals surface area contributed by atoms with Crippen LogP contribution in [0.15, 0.2) is 71.3 Å². The number of nitrogens with zero attached hydrogens (tertiary/aromatic N) is 1. The maximum atomic E-state index is 13.8. The van der Waals surface area contributed by atoms with E-state index in [4.69, 9.17) is 13.9 Å². The SMILES string of the molecule is COc1ccc(C(C(=O)NC2CCCCC2)N(Cc2ccccc2OC)C(=O)c2ccco2)cc1. The van der Waals surface area contributed by atoms with Gasteiger partial charge in [-0.15, -0.1) is 0 Å². The van der Waals surface area contributed by atoms with Gasteiger partial charge in [-0.3, -0.25) is 9.59 Å². The van der Waals surface area contributed by atoms with E-state index in [9.17, 15) is 9.59 Å². The molecule has 1 unspecified atom stereocenters. The number of carbonyl (C=O) groups excluding carboxylic acids is 2. The molecule has 1 atom stereocenters. The highest BCUT2D eigenvalue weighted by Gasteiger charge is 2.35. The lowest BCUT2D eigenvalue weighted by Gasteiger charge is -2.33. The van der Waals surface area contributed by atoms with Crippen LogP contribution in [-0.4, -0.2) is 37.0 Å². The van der Waals surface area contributed by atoms with E-state index in [0.29, 0.717) is 17.1 Å². The lowest BCUT2D eigenvalue weighted by Crippen LogP contribution is -2.46. The van der Waals surface area contributed by atoms with Crippen LogP contribution in [0.4, 0.5) is 0 Å². The molecule has 0 aliphatic heterocycles. The molecular weight excluding hydrogens is 444 g/mol. The number of rotatable bonds is 9. The summed E-state index contributed by atoms with van der Waals surface area (Å²) < 4.78 is 16.3. The first-order chi connectivity index (χ1) is 17.1. The monoisotopic (exact) mass is 476 g/mol. The molecule has 1 heterocycles. The highest BCUT2D eigenvalue weighted by molar-refractivity contribution is 5.96. The molecule has 2 amide bonds. The number of benzene rings is 2. The molecule has 0 saturated heterocycles. The van der Waals surface area contributed by atoms with Crippen LogP contribution in [0.5, 0.6) is 11.5 Å². The first-order valence-corrected chi connectivity index (χ1v) is 12.0. The number of carbonyl (C=O) groups is 2. The molecule has 4 rings (SSSR count). The zero-order valence-corrected chi connectivity index (χ0v) is 20.2. The molecule has 2 aromatic carbocycles. The number of amides is 2. The fraction of sp³-hybridized carbons (Fsp3) is 0.357. The van der Waals surface area contributed by atoms with E-state index in [1.165, 1.54) is 12.7 Å². The van der Waals surface area contributed by atoms with E-state index in [-0.39, 0.29) is 30.2 Å². The van der Waals surface area contributed by atoms with E-state index >= 15 is 0 Å². The Balaban J connectivity index is 1.75. The lowest BCUT2D eigenvalue weighted by molar-refractivity contribution is -0.127. The lowest BCUT2D eigenvalue weighted by atomic mass is 9.94. The average molecular weight is 477 g/mol. The van der Waals surface area contributed by atoms with E-state index in [0.717, 1.165) is 31.2 Å². The fourth-order valence-electron chi connectivity index (χ4n) is 4.63. The molecule has 1 aliphatic carbocycles. The minimum absolute atomic E-state index is 0.101. The summed E-state index contributed by atoms with van der Waals surface area (Å²) in [6.07, 6.45) is 6.71. The average Bonchev–Trinajstić information content (AvgIpc) is 3.44. The number of nitrogens with one attached hydrogen (secondary N) is 1. The first-order valence-electron chi connectivity index (χ1n) is 12.0. The van der Waals surface area contributed by atoms with Gasteiger partial charge >= 0.3 is 0 Å². The van der Waals surface area contributed by atoms with Crippen molar-refractivity contribution in [2.45, 2.75) is 50.7 Å². The molecule has 7 nitrogen and oxygen atoms in total. The Labute approximate surface area is 206 Å². The summed E-state index contributed by atoms with van der Waals surface area (Å²) in [5.74, 6) is 0.904. The standard InChI is InChI=1S/C28H32N2O5/c1-33-23-16-14-20(15-17-23)26(27(31)29-22-10-4-3-5-11-22)30(28(32)25-13-8-18-35-25)19-21-9-6-7-12-24(21)34-2/h6-9,12-18,22,26H,3-5,10-11,19H2,1-2H3,(H,29,31). The molecule has 35 heavy (non-hydrogen) atoms. The van der Waals surface area contributed by atoms with Gasteiger partial charge in [0.1, 0.15) is 17.5 Å². The fourth-order valence-corrected chi connectivity index (χ4v) is 4.63. The second kappa shape index (κ2) is 11.6. The van der Waals surface area contributed by atoms with E-state index in [1.807, 2.05) is 36.4 Å². The first kappa shape index (κ1) is 24.4. The molecule has 0 bridgehead atoms. The van der Waals surface area contributed by atoms with Crippen LogP contribution < -0.4 is 14.8 Å². The topological polar surface area (TPSA) is 81.0 Å². The Bertz CT molecular complexity index is 1100.